The van der Waals surface area contributed by atoms with Crippen molar-refractivity contribution in [3.63, 3.8) is 0 Å². The van der Waals surface area contributed by atoms with Crippen molar-refractivity contribution >= 4 is 23.3 Å². The average molecular weight is 312 g/mol. The number of hydrogen-bond donors (Lipinski definition) is 0. The predicted octanol–water partition coefficient (Wildman–Crippen LogP) is 4.44. The largest absolute Gasteiger partial charge is 0.458 e. The molecule has 0 fully saturated rings. The number of rotatable bonds is 8. The maximum atomic E-state index is 11.9. The summed E-state index contributed by atoms with van der Waals surface area (Å²) < 4.78 is 10.6. The summed E-state index contributed by atoms with van der Waals surface area (Å²) in [5.74, 6) is -0.747. The lowest BCUT2D eigenvalue weighted by Gasteiger charge is -2.11. The minimum absolute atomic E-state index is 0.107. The lowest BCUT2D eigenvalue weighted by atomic mass is 10.2. The number of ether oxygens (including phenoxy) is 2. The molecule has 5 heteroatoms. The molecule has 0 spiro atoms. The molecular weight excluding hydrogens is 288 g/mol. The standard InChI is InChI=1S/C16H24O4S/c1-5-7-11(3)19-15(17)13-9-10-14(21-13)16(18)20-12(4)8-6-2/h9-12H,5-8H2,1-4H3. The van der Waals surface area contributed by atoms with E-state index in [0.717, 1.165) is 37.0 Å². The molecule has 1 aromatic rings. The van der Waals surface area contributed by atoms with Crippen LogP contribution in [0.3, 0.4) is 0 Å². The number of carbonyl (C=O) groups is 2. The minimum Gasteiger partial charge on any atom is -0.458 e. The van der Waals surface area contributed by atoms with Gasteiger partial charge in [0.15, 0.2) is 0 Å². The Hall–Kier alpha value is -1.36. The molecule has 4 nitrogen and oxygen atoms in total. The summed E-state index contributed by atoms with van der Waals surface area (Å²) in [4.78, 5) is 24.7. The normalized spacial score (nSPS) is 13.5. The number of carbonyl (C=O) groups excluding carboxylic acids is 2. The highest BCUT2D eigenvalue weighted by Crippen LogP contribution is 2.20. The molecule has 0 amide bonds. The van der Waals surface area contributed by atoms with E-state index in [9.17, 15) is 9.59 Å². The Morgan fingerprint density at radius 1 is 0.952 bits per heavy atom. The second-order valence-corrected chi connectivity index (χ2v) is 6.26. The van der Waals surface area contributed by atoms with Crippen molar-refractivity contribution in [1.82, 2.24) is 0 Å². The van der Waals surface area contributed by atoms with E-state index in [1.807, 2.05) is 27.7 Å². The molecular formula is C16H24O4S. The Morgan fingerprint density at radius 3 is 1.67 bits per heavy atom. The van der Waals surface area contributed by atoms with Crippen molar-refractivity contribution in [3.05, 3.63) is 21.9 Å². The molecule has 0 aromatic carbocycles. The Labute approximate surface area is 130 Å². The summed E-state index contributed by atoms with van der Waals surface area (Å²) in [5, 5.41) is 0. The third-order valence-electron chi connectivity index (χ3n) is 3.02. The first kappa shape index (κ1) is 17.7. The Kier molecular flexibility index (Phi) is 7.43. The van der Waals surface area contributed by atoms with E-state index >= 15 is 0 Å². The van der Waals surface area contributed by atoms with Gasteiger partial charge in [0.05, 0.1) is 12.2 Å². The van der Waals surface area contributed by atoms with Crippen LogP contribution in [0.1, 0.15) is 72.7 Å². The molecule has 1 heterocycles. The molecule has 118 valence electrons. The highest BCUT2D eigenvalue weighted by molar-refractivity contribution is 7.15. The molecule has 0 aliphatic carbocycles. The zero-order chi connectivity index (χ0) is 15.8. The second-order valence-electron chi connectivity index (χ2n) is 5.17. The van der Waals surface area contributed by atoms with Gasteiger partial charge in [-0.15, -0.1) is 11.3 Å². The van der Waals surface area contributed by atoms with Gasteiger partial charge in [0, 0.05) is 0 Å². The zero-order valence-electron chi connectivity index (χ0n) is 13.2. The van der Waals surface area contributed by atoms with Crippen LogP contribution in [0.5, 0.6) is 0 Å². The van der Waals surface area contributed by atoms with Crippen LogP contribution in [0.2, 0.25) is 0 Å². The van der Waals surface area contributed by atoms with Crippen LogP contribution in [-0.2, 0) is 9.47 Å². The quantitative estimate of drug-likeness (QED) is 0.666. The van der Waals surface area contributed by atoms with Crippen molar-refractivity contribution < 1.29 is 19.1 Å². The summed E-state index contributed by atoms with van der Waals surface area (Å²) in [6, 6.07) is 3.24. The minimum atomic E-state index is -0.374. The molecule has 2 atom stereocenters. The monoisotopic (exact) mass is 312 g/mol. The molecule has 1 aromatic heterocycles. The van der Waals surface area contributed by atoms with E-state index < -0.39 is 0 Å². The second kappa shape index (κ2) is 8.82. The fraction of sp³-hybridized carbons (Fsp3) is 0.625. The summed E-state index contributed by atoms with van der Waals surface area (Å²) in [6.45, 7) is 7.83. The molecule has 0 aliphatic rings. The molecule has 1 rings (SSSR count). The van der Waals surface area contributed by atoms with Crippen LogP contribution < -0.4 is 0 Å². The maximum Gasteiger partial charge on any atom is 0.348 e. The highest BCUT2D eigenvalue weighted by atomic mass is 32.1. The third kappa shape index (κ3) is 5.87. The number of esters is 2. The van der Waals surface area contributed by atoms with Crippen LogP contribution in [0.25, 0.3) is 0 Å². The Balaban J connectivity index is 2.59. The van der Waals surface area contributed by atoms with Gasteiger partial charge in [-0.25, -0.2) is 9.59 Å². The van der Waals surface area contributed by atoms with E-state index in [4.69, 9.17) is 9.47 Å². The van der Waals surface area contributed by atoms with Crippen molar-refractivity contribution in [2.75, 3.05) is 0 Å². The molecule has 0 N–H and O–H groups in total. The van der Waals surface area contributed by atoms with Crippen molar-refractivity contribution in [1.29, 1.82) is 0 Å². The summed E-state index contributed by atoms with van der Waals surface area (Å²) >= 11 is 1.12. The lowest BCUT2D eigenvalue weighted by molar-refractivity contribution is 0.0321. The van der Waals surface area contributed by atoms with Gasteiger partial charge in [-0.3, -0.25) is 0 Å². The van der Waals surface area contributed by atoms with Gasteiger partial charge in [0.25, 0.3) is 0 Å². The molecule has 0 aliphatic heterocycles. The van der Waals surface area contributed by atoms with Gasteiger partial charge >= 0.3 is 11.9 Å². The highest BCUT2D eigenvalue weighted by Gasteiger charge is 2.18. The Bertz CT molecular complexity index is 426. The third-order valence-corrected chi connectivity index (χ3v) is 4.06. The van der Waals surface area contributed by atoms with E-state index in [0.29, 0.717) is 9.75 Å². The number of hydrogen-bond acceptors (Lipinski definition) is 5. The summed E-state index contributed by atoms with van der Waals surface area (Å²) in [6.07, 6.45) is 3.38. The van der Waals surface area contributed by atoms with Gasteiger partial charge in [-0.2, -0.15) is 0 Å². The van der Waals surface area contributed by atoms with E-state index in [1.165, 1.54) is 0 Å². The first-order valence-corrected chi connectivity index (χ1v) is 8.31. The Morgan fingerprint density at radius 2 is 1.33 bits per heavy atom. The molecule has 21 heavy (non-hydrogen) atoms. The smallest absolute Gasteiger partial charge is 0.348 e. The topological polar surface area (TPSA) is 52.6 Å². The van der Waals surface area contributed by atoms with Crippen LogP contribution >= 0.6 is 11.3 Å². The van der Waals surface area contributed by atoms with E-state index in [2.05, 4.69) is 0 Å². The SMILES string of the molecule is CCCC(C)OC(=O)c1ccc(C(=O)OC(C)CCC)s1. The molecule has 0 radical (unpaired) electrons. The van der Waals surface area contributed by atoms with E-state index in [-0.39, 0.29) is 24.1 Å². The molecule has 0 bridgehead atoms. The summed E-state index contributed by atoms with van der Waals surface area (Å²) in [7, 11) is 0. The zero-order valence-corrected chi connectivity index (χ0v) is 14.0. The van der Waals surface area contributed by atoms with Gasteiger partial charge < -0.3 is 9.47 Å². The van der Waals surface area contributed by atoms with Crippen LogP contribution in [0.4, 0.5) is 0 Å². The fourth-order valence-corrected chi connectivity index (χ4v) is 2.74. The van der Waals surface area contributed by atoms with Crippen molar-refractivity contribution in [3.8, 4) is 0 Å². The van der Waals surface area contributed by atoms with Gasteiger partial charge in [0.2, 0.25) is 0 Å². The summed E-state index contributed by atoms with van der Waals surface area (Å²) in [5.41, 5.74) is 0. The average Bonchev–Trinajstić information content (AvgIpc) is 2.88. The van der Waals surface area contributed by atoms with Gasteiger partial charge in [-0.1, -0.05) is 26.7 Å². The van der Waals surface area contributed by atoms with Gasteiger partial charge in [0.1, 0.15) is 9.75 Å². The van der Waals surface area contributed by atoms with Crippen LogP contribution in [0.15, 0.2) is 12.1 Å². The molecule has 2 unspecified atom stereocenters. The molecule has 0 saturated heterocycles. The van der Waals surface area contributed by atoms with E-state index in [1.54, 1.807) is 12.1 Å². The maximum absolute atomic E-state index is 11.9. The first-order chi connectivity index (χ1) is 9.97. The van der Waals surface area contributed by atoms with Crippen molar-refractivity contribution in [2.24, 2.45) is 0 Å². The van der Waals surface area contributed by atoms with Crippen LogP contribution in [-0.4, -0.2) is 24.1 Å². The first-order valence-electron chi connectivity index (χ1n) is 7.49. The number of thiophene rings is 1. The molecule has 0 saturated carbocycles. The van der Waals surface area contributed by atoms with Gasteiger partial charge in [-0.05, 0) is 38.8 Å². The van der Waals surface area contributed by atoms with Crippen molar-refractivity contribution in [2.45, 2.75) is 65.6 Å². The van der Waals surface area contributed by atoms with Crippen LogP contribution in [0, 0.1) is 0 Å². The lowest BCUT2D eigenvalue weighted by Crippen LogP contribution is -2.14. The predicted molar refractivity (Wildman–Crippen MR) is 83.9 cm³/mol. The fourth-order valence-electron chi connectivity index (χ4n) is 1.97.